The molecular weight excluding hydrogens is 394 g/mol. The second-order valence-electron chi connectivity index (χ2n) is 6.98. The van der Waals surface area contributed by atoms with E-state index >= 15 is 0 Å². The Labute approximate surface area is 166 Å². The first-order chi connectivity index (χ1) is 11.9. The van der Waals surface area contributed by atoms with Crippen LogP contribution in [0.3, 0.4) is 0 Å². The monoisotopic (exact) mass is 421 g/mol. The highest BCUT2D eigenvalue weighted by atomic mass is 35.5. The van der Waals surface area contributed by atoms with Crippen molar-refractivity contribution in [3.63, 3.8) is 0 Å². The summed E-state index contributed by atoms with van der Waals surface area (Å²) >= 11 is 1.31. The third kappa shape index (κ3) is 5.92. The molecule has 1 aliphatic heterocycles. The van der Waals surface area contributed by atoms with Crippen LogP contribution < -0.4 is 10.6 Å². The Kier molecular flexibility index (Phi) is 7.90. The number of nitrogens with one attached hydrogen (secondary N) is 2. The largest absolute Gasteiger partial charge is 0.356 e. The summed E-state index contributed by atoms with van der Waals surface area (Å²) in [5, 5.41) is 6.31. The molecular formula is C17H28ClN3O3S2. The summed E-state index contributed by atoms with van der Waals surface area (Å²) in [6.45, 7) is 4.27. The first-order valence-corrected chi connectivity index (χ1v) is 11.3. The van der Waals surface area contributed by atoms with Gasteiger partial charge >= 0.3 is 0 Å². The third-order valence-electron chi connectivity index (χ3n) is 4.82. The summed E-state index contributed by atoms with van der Waals surface area (Å²) < 4.78 is 27.7. The highest BCUT2D eigenvalue weighted by Gasteiger charge is 2.31. The fourth-order valence-corrected chi connectivity index (χ4v) is 6.06. The molecule has 1 aromatic heterocycles. The van der Waals surface area contributed by atoms with Gasteiger partial charge in [-0.25, -0.2) is 8.42 Å². The van der Waals surface area contributed by atoms with Crippen molar-refractivity contribution in [2.45, 2.75) is 49.3 Å². The lowest BCUT2D eigenvalue weighted by atomic mass is 10.1. The second kappa shape index (κ2) is 9.50. The number of carbonyl (C=O) groups is 1. The van der Waals surface area contributed by atoms with Crippen LogP contribution in [0.15, 0.2) is 16.3 Å². The Bertz CT molecular complexity index is 696. The van der Waals surface area contributed by atoms with Crippen LogP contribution in [0.1, 0.15) is 37.5 Å². The fourth-order valence-electron chi connectivity index (χ4n) is 3.08. The lowest BCUT2D eigenvalue weighted by Gasteiger charge is -2.31. The van der Waals surface area contributed by atoms with Crippen LogP contribution in [-0.4, -0.2) is 50.9 Å². The van der Waals surface area contributed by atoms with Crippen LogP contribution >= 0.6 is 23.7 Å². The number of sulfonamides is 1. The maximum absolute atomic E-state index is 12.8. The average molecular weight is 422 g/mol. The van der Waals surface area contributed by atoms with Crippen molar-refractivity contribution in [2.24, 2.45) is 5.92 Å². The fraction of sp³-hybridized carbons (Fsp3) is 0.706. The van der Waals surface area contributed by atoms with Crippen LogP contribution in [0, 0.1) is 5.92 Å². The minimum Gasteiger partial charge on any atom is -0.356 e. The van der Waals surface area contributed by atoms with Crippen LogP contribution in [0.5, 0.6) is 0 Å². The minimum atomic E-state index is -3.39. The third-order valence-corrected chi connectivity index (χ3v) is 8.33. The van der Waals surface area contributed by atoms with Gasteiger partial charge in [0.05, 0.1) is 0 Å². The van der Waals surface area contributed by atoms with Gasteiger partial charge in [-0.1, -0.05) is 0 Å². The Balaban J connectivity index is 0.00000243. The van der Waals surface area contributed by atoms with Gasteiger partial charge < -0.3 is 10.6 Å². The van der Waals surface area contributed by atoms with Crippen molar-refractivity contribution < 1.29 is 13.2 Å². The van der Waals surface area contributed by atoms with E-state index in [1.807, 2.05) is 6.07 Å². The number of nitrogens with zero attached hydrogens (tertiary/aromatic N) is 1. The zero-order valence-corrected chi connectivity index (χ0v) is 17.5. The standard InChI is InChI=1S/C17H27N3O3S2.ClH/c1-13(21)18-9-6-16-4-5-17(24-16)25(22,23)20-10-7-15(8-11-20)19-12-14-2-3-14;/h4-5,14-15,19H,2-3,6-12H2,1H3,(H,18,21);1H. The van der Waals surface area contributed by atoms with Crippen molar-refractivity contribution >= 4 is 39.7 Å². The van der Waals surface area contributed by atoms with Crippen LogP contribution in [0.4, 0.5) is 0 Å². The highest BCUT2D eigenvalue weighted by molar-refractivity contribution is 7.91. The van der Waals surface area contributed by atoms with Gasteiger partial charge in [0.1, 0.15) is 4.21 Å². The van der Waals surface area contributed by atoms with Crippen molar-refractivity contribution in [3.8, 4) is 0 Å². The number of piperidine rings is 1. The van der Waals surface area contributed by atoms with Gasteiger partial charge in [-0.05, 0) is 56.7 Å². The molecule has 0 radical (unpaired) electrons. The smallest absolute Gasteiger partial charge is 0.252 e. The Morgan fingerprint density at radius 1 is 1.23 bits per heavy atom. The predicted molar refractivity (Wildman–Crippen MR) is 106 cm³/mol. The number of carbonyl (C=O) groups excluding carboxylic acids is 1. The van der Waals surface area contributed by atoms with E-state index in [-0.39, 0.29) is 18.3 Å². The summed E-state index contributed by atoms with van der Waals surface area (Å²) in [5.41, 5.74) is 0. The number of hydrogen-bond donors (Lipinski definition) is 2. The molecule has 2 fully saturated rings. The SMILES string of the molecule is CC(=O)NCCc1ccc(S(=O)(=O)N2CCC(NCC3CC3)CC2)s1.Cl. The number of hydrogen-bond acceptors (Lipinski definition) is 5. The molecule has 0 aromatic carbocycles. The summed E-state index contributed by atoms with van der Waals surface area (Å²) in [6.07, 6.45) is 5.10. The molecule has 1 saturated heterocycles. The Hall–Kier alpha value is -0.670. The molecule has 2 heterocycles. The molecule has 6 nitrogen and oxygen atoms in total. The van der Waals surface area contributed by atoms with Gasteiger partial charge in [0.15, 0.2) is 0 Å². The van der Waals surface area contributed by atoms with E-state index in [2.05, 4.69) is 10.6 Å². The highest BCUT2D eigenvalue weighted by Crippen LogP contribution is 2.29. The van der Waals surface area contributed by atoms with E-state index in [1.54, 1.807) is 10.4 Å². The maximum atomic E-state index is 12.8. The molecule has 3 rings (SSSR count). The first kappa shape index (κ1) is 21.6. The van der Waals surface area contributed by atoms with Crippen molar-refractivity contribution in [2.75, 3.05) is 26.2 Å². The van der Waals surface area contributed by atoms with Crippen molar-refractivity contribution in [1.29, 1.82) is 0 Å². The zero-order valence-electron chi connectivity index (χ0n) is 15.1. The Morgan fingerprint density at radius 2 is 1.92 bits per heavy atom. The van der Waals surface area contributed by atoms with E-state index in [9.17, 15) is 13.2 Å². The molecule has 1 aromatic rings. The number of thiophene rings is 1. The molecule has 1 saturated carbocycles. The number of rotatable bonds is 8. The Morgan fingerprint density at radius 3 is 2.54 bits per heavy atom. The van der Waals surface area contributed by atoms with Gasteiger partial charge in [0.25, 0.3) is 10.0 Å². The molecule has 148 valence electrons. The molecule has 9 heteroatoms. The molecule has 26 heavy (non-hydrogen) atoms. The lowest BCUT2D eigenvalue weighted by Crippen LogP contribution is -2.45. The molecule has 1 aliphatic carbocycles. The molecule has 2 N–H and O–H groups in total. The molecule has 0 bridgehead atoms. The normalized spacial score (nSPS) is 19.1. The lowest BCUT2D eigenvalue weighted by molar-refractivity contribution is -0.118. The number of amides is 1. The molecule has 2 aliphatic rings. The minimum absolute atomic E-state index is 0. The van der Waals surface area contributed by atoms with Crippen LogP contribution in [0.25, 0.3) is 0 Å². The molecule has 0 spiro atoms. The molecule has 0 unspecified atom stereocenters. The molecule has 0 atom stereocenters. The van der Waals surface area contributed by atoms with Crippen molar-refractivity contribution in [3.05, 3.63) is 17.0 Å². The average Bonchev–Trinajstić information content (AvgIpc) is 3.29. The van der Waals surface area contributed by atoms with Crippen LogP contribution in [0.2, 0.25) is 0 Å². The summed E-state index contributed by atoms with van der Waals surface area (Å²) in [5.74, 6) is 0.784. The van der Waals surface area contributed by atoms with Crippen molar-refractivity contribution in [1.82, 2.24) is 14.9 Å². The summed E-state index contributed by atoms with van der Waals surface area (Å²) in [6, 6.07) is 3.99. The first-order valence-electron chi connectivity index (χ1n) is 9.02. The number of halogens is 1. The van der Waals surface area contributed by atoms with Gasteiger partial charge in [0, 0.05) is 37.5 Å². The van der Waals surface area contributed by atoms with E-state index in [0.29, 0.717) is 36.3 Å². The zero-order chi connectivity index (χ0) is 17.9. The second-order valence-corrected chi connectivity index (χ2v) is 10.3. The van der Waals surface area contributed by atoms with Crippen LogP contribution in [-0.2, 0) is 21.2 Å². The molecule has 1 amide bonds. The van der Waals surface area contributed by atoms with E-state index in [4.69, 9.17) is 0 Å². The van der Waals surface area contributed by atoms with Gasteiger partial charge in [-0.15, -0.1) is 23.7 Å². The van der Waals surface area contributed by atoms with Gasteiger partial charge in [-0.2, -0.15) is 4.31 Å². The summed E-state index contributed by atoms with van der Waals surface area (Å²) in [7, 11) is -3.39. The quantitative estimate of drug-likeness (QED) is 0.672. The van der Waals surface area contributed by atoms with E-state index < -0.39 is 10.0 Å². The maximum Gasteiger partial charge on any atom is 0.252 e. The van der Waals surface area contributed by atoms with E-state index in [1.165, 1.54) is 31.1 Å². The predicted octanol–water partition coefficient (Wildman–Crippen LogP) is 2.00. The van der Waals surface area contributed by atoms with Gasteiger partial charge in [0.2, 0.25) is 5.91 Å². The summed E-state index contributed by atoms with van der Waals surface area (Å²) in [4.78, 5) is 11.9. The van der Waals surface area contributed by atoms with Gasteiger partial charge in [-0.3, -0.25) is 4.79 Å². The van der Waals surface area contributed by atoms with E-state index in [0.717, 1.165) is 30.2 Å². The topological polar surface area (TPSA) is 78.5 Å².